The van der Waals surface area contributed by atoms with Crippen LogP contribution in [0.15, 0.2) is 18.3 Å². The van der Waals surface area contributed by atoms with Crippen LogP contribution in [0.5, 0.6) is 5.75 Å². The molecule has 0 unspecified atom stereocenters. The lowest BCUT2D eigenvalue weighted by Crippen LogP contribution is -2.37. The van der Waals surface area contributed by atoms with E-state index in [1.54, 1.807) is 7.11 Å². The minimum Gasteiger partial charge on any atom is -0.493 e. The van der Waals surface area contributed by atoms with Gasteiger partial charge in [-0.25, -0.2) is 0 Å². The summed E-state index contributed by atoms with van der Waals surface area (Å²) < 4.78 is 12.6. The van der Waals surface area contributed by atoms with Crippen LogP contribution in [0.25, 0.3) is 5.65 Å². The van der Waals surface area contributed by atoms with Crippen molar-refractivity contribution >= 4 is 5.65 Å². The number of nitrogens with zero attached hydrogens (tertiary/aromatic N) is 4. The van der Waals surface area contributed by atoms with Gasteiger partial charge in [-0.05, 0) is 12.1 Å². The maximum atomic E-state index is 5.35. The molecule has 1 aliphatic rings. The number of rotatable bonds is 4. The number of pyridine rings is 1. The summed E-state index contributed by atoms with van der Waals surface area (Å²) in [6.45, 7) is 4.64. The lowest BCUT2D eigenvalue weighted by molar-refractivity contribution is 0.0382. The van der Waals surface area contributed by atoms with Crippen molar-refractivity contribution in [2.24, 2.45) is 0 Å². The van der Waals surface area contributed by atoms with Crippen LogP contribution < -0.4 is 4.74 Å². The Hall–Kier alpha value is -1.66. The Bertz CT molecular complexity index is 549. The van der Waals surface area contributed by atoms with Crippen molar-refractivity contribution in [2.75, 3.05) is 40.0 Å². The molecule has 1 aliphatic heterocycles. The number of fused-ring (bicyclic) bond motifs is 1. The second kappa shape index (κ2) is 5.54. The Balaban J connectivity index is 1.74. The summed E-state index contributed by atoms with van der Waals surface area (Å²) in [6, 6.07) is 3.85. The van der Waals surface area contributed by atoms with E-state index in [0.717, 1.165) is 56.5 Å². The quantitative estimate of drug-likeness (QED) is 0.808. The van der Waals surface area contributed by atoms with Crippen LogP contribution in [0.3, 0.4) is 0 Å². The Morgan fingerprint density at radius 2 is 2.16 bits per heavy atom. The van der Waals surface area contributed by atoms with Gasteiger partial charge in [0, 0.05) is 32.3 Å². The molecule has 6 heteroatoms. The molecule has 3 heterocycles. The van der Waals surface area contributed by atoms with E-state index in [0.29, 0.717) is 0 Å². The molecular formula is C13H18N4O2. The van der Waals surface area contributed by atoms with Crippen LogP contribution in [0.4, 0.5) is 0 Å². The van der Waals surface area contributed by atoms with Crippen molar-refractivity contribution in [1.82, 2.24) is 19.5 Å². The number of hydrogen-bond donors (Lipinski definition) is 0. The van der Waals surface area contributed by atoms with Gasteiger partial charge in [0.15, 0.2) is 5.75 Å². The van der Waals surface area contributed by atoms with E-state index in [1.807, 2.05) is 22.7 Å². The van der Waals surface area contributed by atoms with Gasteiger partial charge < -0.3 is 9.47 Å². The maximum Gasteiger partial charge on any atom is 0.203 e. The molecule has 3 rings (SSSR count). The molecule has 0 aliphatic carbocycles. The molecule has 19 heavy (non-hydrogen) atoms. The van der Waals surface area contributed by atoms with Crippen molar-refractivity contribution in [1.29, 1.82) is 0 Å². The van der Waals surface area contributed by atoms with E-state index in [4.69, 9.17) is 9.47 Å². The maximum absolute atomic E-state index is 5.35. The Kier molecular flexibility index (Phi) is 3.61. The minimum atomic E-state index is 0.757. The lowest BCUT2D eigenvalue weighted by atomic mass is 10.3. The largest absolute Gasteiger partial charge is 0.493 e. The van der Waals surface area contributed by atoms with Gasteiger partial charge in [0.2, 0.25) is 5.65 Å². The normalized spacial score (nSPS) is 16.9. The Morgan fingerprint density at radius 3 is 2.95 bits per heavy atom. The summed E-state index contributed by atoms with van der Waals surface area (Å²) in [7, 11) is 1.65. The molecule has 0 radical (unpaired) electrons. The SMILES string of the molecule is COc1cccn2c(CCN3CCOCC3)nnc12. The van der Waals surface area contributed by atoms with Gasteiger partial charge in [-0.1, -0.05) is 0 Å². The van der Waals surface area contributed by atoms with Crippen LogP contribution in [0.1, 0.15) is 5.82 Å². The summed E-state index contributed by atoms with van der Waals surface area (Å²) in [5, 5.41) is 8.46. The predicted molar refractivity (Wildman–Crippen MR) is 70.5 cm³/mol. The first kappa shape index (κ1) is 12.4. The Labute approximate surface area is 111 Å². The average Bonchev–Trinajstić information content (AvgIpc) is 2.89. The van der Waals surface area contributed by atoms with Gasteiger partial charge in [0.1, 0.15) is 5.82 Å². The highest BCUT2D eigenvalue weighted by molar-refractivity contribution is 5.53. The van der Waals surface area contributed by atoms with Gasteiger partial charge >= 0.3 is 0 Å². The number of methoxy groups -OCH3 is 1. The zero-order valence-electron chi connectivity index (χ0n) is 11.1. The summed E-state index contributed by atoms with van der Waals surface area (Å²) in [5.74, 6) is 1.73. The number of ether oxygens (including phenoxy) is 2. The zero-order chi connectivity index (χ0) is 13.1. The van der Waals surface area contributed by atoms with Crippen LogP contribution in [-0.4, -0.2) is 59.5 Å². The third-order valence-corrected chi connectivity index (χ3v) is 3.44. The van der Waals surface area contributed by atoms with Gasteiger partial charge in [0.25, 0.3) is 0 Å². The summed E-state index contributed by atoms with van der Waals surface area (Å²) >= 11 is 0. The fourth-order valence-electron chi connectivity index (χ4n) is 2.35. The molecule has 0 atom stereocenters. The third kappa shape index (κ3) is 2.54. The standard InChI is InChI=1S/C13H18N4O2/c1-18-11-3-2-5-17-12(14-15-13(11)17)4-6-16-7-9-19-10-8-16/h2-3,5H,4,6-10H2,1H3. The van der Waals surface area contributed by atoms with Gasteiger partial charge in [-0.2, -0.15) is 0 Å². The highest BCUT2D eigenvalue weighted by Crippen LogP contribution is 2.17. The number of aromatic nitrogens is 3. The first-order valence-electron chi connectivity index (χ1n) is 6.55. The Morgan fingerprint density at radius 1 is 1.32 bits per heavy atom. The monoisotopic (exact) mass is 262 g/mol. The van der Waals surface area contributed by atoms with E-state index in [9.17, 15) is 0 Å². The van der Waals surface area contributed by atoms with Crippen molar-refractivity contribution in [2.45, 2.75) is 6.42 Å². The molecule has 6 nitrogen and oxygen atoms in total. The van der Waals surface area contributed by atoms with E-state index in [1.165, 1.54) is 0 Å². The highest BCUT2D eigenvalue weighted by atomic mass is 16.5. The summed E-state index contributed by atoms with van der Waals surface area (Å²) in [4.78, 5) is 2.39. The second-order valence-electron chi connectivity index (χ2n) is 4.59. The van der Waals surface area contributed by atoms with E-state index in [2.05, 4.69) is 15.1 Å². The van der Waals surface area contributed by atoms with Crippen LogP contribution in [0.2, 0.25) is 0 Å². The summed E-state index contributed by atoms with van der Waals surface area (Å²) in [5.41, 5.74) is 0.780. The molecule has 0 bridgehead atoms. The average molecular weight is 262 g/mol. The van der Waals surface area contributed by atoms with Crippen LogP contribution >= 0.6 is 0 Å². The van der Waals surface area contributed by atoms with Crippen LogP contribution in [0, 0.1) is 0 Å². The molecule has 0 spiro atoms. The topological polar surface area (TPSA) is 51.9 Å². The highest BCUT2D eigenvalue weighted by Gasteiger charge is 2.13. The lowest BCUT2D eigenvalue weighted by Gasteiger charge is -2.26. The minimum absolute atomic E-state index is 0.757. The molecule has 0 aromatic carbocycles. The molecule has 1 fully saturated rings. The van der Waals surface area contributed by atoms with Gasteiger partial charge in [-0.3, -0.25) is 9.30 Å². The van der Waals surface area contributed by atoms with Crippen molar-refractivity contribution < 1.29 is 9.47 Å². The number of hydrogen-bond acceptors (Lipinski definition) is 5. The molecule has 2 aromatic heterocycles. The van der Waals surface area contributed by atoms with Crippen molar-refractivity contribution in [3.05, 3.63) is 24.2 Å². The fourth-order valence-corrected chi connectivity index (χ4v) is 2.35. The van der Waals surface area contributed by atoms with E-state index < -0.39 is 0 Å². The second-order valence-corrected chi connectivity index (χ2v) is 4.59. The molecule has 1 saturated heterocycles. The molecule has 2 aromatic rings. The molecule has 0 saturated carbocycles. The predicted octanol–water partition coefficient (Wildman–Crippen LogP) is 0.613. The first-order valence-corrected chi connectivity index (χ1v) is 6.55. The fraction of sp³-hybridized carbons (Fsp3) is 0.538. The van der Waals surface area contributed by atoms with Crippen molar-refractivity contribution in [3.8, 4) is 5.75 Å². The van der Waals surface area contributed by atoms with E-state index in [-0.39, 0.29) is 0 Å². The first-order chi connectivity index (χ1) is 9.38. The molecule has 0 amide bonds. The molecule has 0 N–H and O–H groups in total. The van der Waals surface area contributed by atoms with Gasteiger partial charge in [-0.15, -0.1) is 10.2 Å². The zero-order valence-corrected chi connectivity index (χ0v) is 11.1. The van der Waals surface area contributed by atoms with Crippen LogP contribution in [-0.2, 0) is 11.2 Å². The van der Waals surface area contributed by atoms with Crippen molar-refractivity contribution in [3.63, 3.8) is 0 Å². The third-order valence-electron chi connectivity index (χ3n) is 3.44. The van der Waals surface area contributed by atoms with Gasteiger partial charge in [0.05, 0.1) is 20.3 Å². The molecular weight excluding hydrogens is 244 g/mol. The summed E-state index contributed by atoms with van der Waals surface area (Å²) in [6.07, 6.45) is 2.86. The molecule has 102 valence electrons. The van der Waals surface area contributed by atoms with E-state index >= 15 is 0 Å². The smallest absolute Gasteiger partial charge is 0.203 e. The number of morpholine rings is 1.